The zero-order valence-electron chi connectivity index (χ0n) is 18.0. The van der Waals surface area contributed by atoms with Gasteiger partial charge in [0.2, 0.25) is 8.32 Å². The molecule has 2 radical (unpaired) electrons. The van der Waals surface area contributed by atoms with Crippen LogP contribution in [0.5, 0.6) is 0 Å². The van der Waals surface area contributed by atoms with Gasteiger partial charge in [-0.15, -0.1) is 6.42 Å². The number of allylic oxidation sites excluding steroid dienone is 2. The van der Waals surface area contributed by atoms with E-state index in [4.69, 9.17) is 43.5 Å². The predicted molar refractivity (Wildman–Crippen MR) is 99.9 cm³/mol. The topological polar surface area (TPSA) is 138 Å². The fraction of sp³-hybridized carbons (Fsp3) is 0.500. The van der Waals surface area contributed by atoms with Gasteiger partial charge in [0, 0.05) is 40.7 Å². The van der Waals surface area contributed by atoms with Crippen molar-refractivity contribution < 1.29 is 70.6 Å². The minimum absolute atomic E-state index is 0. The van der Waals surface area contributed by atoms with E-state index in [1.165, 1.54) is 0 Å². The van der Waals surface area contributed by atoms with Crippen molar-refractivity contribution in [3.8, 4) is 12.3 Å². The van der Waals surface area contributed by atoms with Crippen LogP contribution in [-0.2, 0) is 70.6 Å². The Hall–Kier alpha value is -1.27. The molecule has 0 heterocycles. The van der Waals surface area contributed by atoms with Crippen molar-refractivity contribution >= 4 is 8.32 Å². The van der Waals surface area contributed by atoms with Crippen LogP contribution in [0, 0.1) is 52.2 Å². The van der Waals surface area contributed by atoms with Crippen molar-refractivity contribution in [3.63, 3.8) is 0 Å². The minimum Gasteiger partial charge on any atom is 0 e. The van der Waals surface area contributed by atoms with Crippen molar-refractivity contribution in [2.75, 3.05) is 7.11 Å². The molecule has 0 aromatic carbocycles. The molecule has 0 fully saturated rings. The van der Waals surface area contributed by atoms with Gasteiger partial charge in [0.1, 0.15) is 6.10 Å². The molecular formula is C20H26Co2O8Si. The Morgan fingerprint density at radius 1 is 0.871 bits per heavy atom. The molecule has 0 aromatic heterocycles. The molecule has 0 aliphatic rings. The van der Waals surface area contributed by atoms with Crippen LogP contribution in [0.25, 0.3) is 0 Å². The van der Waals surface area contributed by atoms with Gasteiger partial charge in [-0.2, -0.15) is 0 Å². The molecule has 8 nitrogen and oxygen atoms in total. The Morgan fingerprint density at radius 2 is 1.23 bits per heavy atom. The molecular weight excluding hydrogens is 514 g/mol. The summed E-state index contributed by atoms with van der Waals surface area (Å²) in [6.07, 6.45) is 11.7. The summed E-state index contributed by atoms with van der Waals surface area (Å²) >= 11 is 0. The summed E-state index contributed by atoms with van der Waals surface area (Å²) in [7, 11) is 0.230. The minimum atomic E-state index is -1.43. The van der Waals surface area contributed by atoms with E-state index in [-0.39, 0.29) is 39.7 Å². The van der Waals surface area contributed by atoms with Gasteiger partial charge in [-0.05, 0) is 58.3 Å². The summed E-state index contributed by atoms with van der Waals surface area (Å²) in [6.45, 7) is 35.6. The average Bonchev–Trinajstić information content (AvgIpc) is 2.78. The van der Waals surface area contributed by atoms with E-state index in [9.17, 15) is 0 Å². The molecule has 1 atom stereocenters. The number of unbranched alkanes of at least 4 members (excludes halogenated alkanes) is 2. The second-order valence-corrected chi connectivity index (χ2v) is 9.63. The van der Waals surface area contributed by atoms with Gasteiger partial charge in [0.15, 0.2) is 0 Å². The molecule has 0 aromatic rings. The third-order valence-corrected chi connectivity index (χ3v) is 3.22. The van der Waals surface area contributed by atoms with Crippen molar-refractivity contribution in [1.82, 2.24) is 0 Å². The number of methoxy groups -OCH3 is 1. The third kappa shape index (κ3) is 83.0. The zero-order chi connectivity index (χ0) is 25.3. The molecule has 0 aliphatic heterocycles. The molecule has 176 valence electrons. The number of terminal acetylenes is 1. The number of ether oxygens (including phenoxy) is 1. The Kier molecular flexibility index (Phi) is 116. The second kappa shape index (κ2) is 63.0. The number of hydrogen-bond donors (Lipinski definition) is 0. The summed E-state index contributed by atoms with van der Waals surface area (Å²) in [5.41, 5.74) is 0. The standard InChI is InChI=1S/C14H26O2Si.6CO.2Co/c1-7-14(15-3)12-10-8-9-11-13(2)16-17(4,5)6;6*1-2;;/h1,11,14H,8-10,12H2,2-6H3;;;;;;;;/b13-11-;;;;;;;;. The summed E-state index contributed by atoms with van der Waals surface area (Å²) in [4.78, 5) is 0. The van der Waals surface area contributed by atoms with Gasteiger partial charge in [-0.3, -0.25) is 0 Å². The molecule has 0 bridgehead atoms. The van der Waals surface area contributed by atoms with Gasteiger partial charge in [-0.1, -0.05) is 5.92 Å². The fourth-order valence-electron chi connectivity index (χ4n) is 1.57. The van der Waals surface area contributed by atoms with Gasteiger partial charge < -0.3 is 9.16 Å². The van der Waals surface area contributed by atoms with Crippen LogP contribution in [0.3, 0.4) is 0 Å². The van der Waals surface area contributed by atoms with Gasteiger partial charge in [-0.25, -0.2) is 0 Å². The maximum atomic E-state index is 7.50. The molecule has 11 heteroatoms. The Balaban J connectivity index is -0.0000000424. The van der Waals surface area contributed by atoms with Crippen molar-refractivity contribution in [2.24, 2.45) is 0 Å². The maximum Gasteiger partial charge on any atom is 0 e. The third-order valence-electron chi connectivity index (χ3n) is 2.29. The van der Waals surface area contributed by atoms with Crippen LogP contribution in [0.15, 0.2) is 11.8 Å². The molecule has 0 aliphatic carbocycles. The van der Waals surface area contributed by atoms with Gasteiger partial charge >= 0.3 is 67.8 Å². The average molecular weight is 540 g/mol. The van der Waals surface area contributed by atoms with Crippen LogP contribution < -0.4 is 0 Å². The molecule has 0 amide bonds. The molecule has 0 rings (SSSR count). The zero-order valence-corrected chi connectivity index (χ0v) is 21.1. The number of rotatable bonds is 8. The first-order valence-electron chi connectivity index (χ1n) is 7.46. The normalized spacial score (nSPS) is 8.19. The summed E-state index contributed by atoms with van der Waals surface area (Å²) in [6, 6.07) is 0. The van der Waals surface area contributed by atoms with Gasteiger partial charge in [0.05, 0.1) is 5.76 Å². The first-order chi connectivity index (χ1) is 13.9. The molecule has 0 N–H and O–H groups in total. The fourth-order valence-corrected chi connectivity index (χ4v) is 2.62. The monoisotopic (exact) mass is 540 g/mol. The van der Waals surface area contributed by atoms with Crippen molar-refractivity contribution in [3.05, 3.63) is 51.7 Å². The molecule has 1 unspecified atom stereocenters. The van der Waals surface area contributed by atoms with E-state index >= 15 is 0 Å². The van der Waals surface area contributed by atoms with E-state index in [0.717, 1.165) is 31.4 Å². The quantitative estimate of drug-likeness (QED) is 0.116. The molecule has 0 saturated heterocycles. The summed E-state index contributed by atoms with van der Waals surface area (Å²) in [5.74, 6) is 3.69. The largest absolute Gasteiger partial charge is 0 e. The van der Waals surface area contributed by atoms with E-state index in [0.29, 0.717) is 0 Å². The van der Waals surface area contributed by atoms with Crippen LogP contribution in [0.4, 0.5) is 0 Å². The predicted octanol–water partition coefficient (Wildman–Crippen LogP) is 3.72. The van der Waals surface area contributed by atoms with Crippen molar-refractivity contribution in [1.29, 1.82) is 0 Å². The van der Waals surface area contributed by atoms with E-state index in [2.05, 4.69) is 71.5 Å². The smallest absolute Gasteiger partial charge is 0 e. The van der Waals surface area contributed by atoms with Crippen LogP contribution in [0.1, 0.15) is 32.6 Å². The van der Waals surface area contributed by atoms with Crippen LogP contribution in [0.2, 0.25) is 19.6 Å². The first kappa shape index (κ1) is 57.1. The molecule has 0 saturated carbocycles. The molecule has 31 heavy (non-hydrogen) atoms. The van der Waals surface area contributed by atoms with Gasteiger partial charge in [0.25, 0.3) is 0 Å². The second-order valence-electron chi connectivity index (χ2n) is 5.20. The van der Waals surface area contributed by atoms with Crippen LogP contribution in [-0.4, -0.2) is 21.5 Å². The Bertz CT molecular complexity index is 463. The molecule has 0 spiro atoms. The maximum absolute atomic E-state index is 7.50. The van der Waals surface area contributed by atoms with E-state index in [1.54, 1.807) is 7.11 Å². The summed E-state index contributed by atoms with van der Waals surface area (Å²) < 4.78 is 56.0. The van der Waals surface area contributed by atoms with E-state index < -0.39 is 8.32 Å². The van der Waals surface area contributed by atoms with E-state index in [1.807, 2.05) is 6.92 Å². The Morgan fingerprint density at radius 3 is 1.48 bits per heavy atom. The number of hydrogen-bond acceptors (Lipinski definition) is 2. The van der Waals surface area contributed by atoms with Crippen LogP contribution >= 0.6 is 0 Å². The Labute approximate surface area is 208 Å². The summed E-state index contributed by atoms with van der Waals surface area (Å²) in [5, 5.41) is 0. The van der Waals surface area contributed by atoms with Crippen molar-refractivity contribution in [2.45, 2.75) is 58.4 Å². The SMILES string of the molecule is C#CC(CCCC/C=C(/C)O[Si](C)(C)C)OC.[C-]#[O+].[C-]#[O+].[C-]#[O+].[C-]#[O+].[C-]#[O+].[C-]#[O+].[Co].[Co]. The first-order valence-corrected chi connectivity index (χ1v) is 10.9.